The second kappa shape index (κ2) is 7.75. The number of rotatable bonds is 6. The molecule has 2 rings (SSSR count). The Bertz CT molecular complexity index is 819. The molecule has 132 valence electrons. The highest BCUT2D eigenvalue weighted by atomic mass is 35.5. The Morgan fingerprint density at radius 2 is 2.16 bits per heavy atom. The number of nitro groups is 1. The summed E-state index contributed by atoms with van der Waals surface area (Å²) in [4.78, 5) is 34.7. The molecule has 1 heterocycles. The number of ether oxygens (including phenoxy) is 1. The van der Waals surface area contributed by atoms with Gasteiger partial charge in [-0.1, -0.05) is 23.7 Å². The lowest BCUT2D eigenvalue weighted by molar-refractivity contribution is -0.385. The van der Waals surface area contributed by atoms with Crippen LogP contribution in [-0.4, -0.2) is 28.1 Å². The van der Waals surface area contributed by atoms with E-state index in [2.05, 4.69) is 10.5 Å². The average molecular weight is 368 g/mol. The largest absolute Gasteiger partial charge is 0.448 e. The van der Waals surface area contributed by atoms with Gasteiger partial charge in [-0.25, -0.2) is 4.79 Å². The molecule has 0 aliphatic carbocycles. The van der Waals surface area contributed by atoms with Gasteiger partial charge in [-0.2, -0.15) is 0 Å². The van der Waals surface area contributed by atoms with Crippen LogP contribution < -0.4 is 5.32 Å². The molecule has 1 aromatic heterocycles. The normalized spacial score (nSPS) is 11.6. The van der Waals surface area contributed by atoms with Gasteiger partial charge >= 0.3 is 5.97 Å². The zero-order chi connectivity index (χ0) is 18.6. The molecule has 0 fully saturated rings. The molecule has 0 bridgehead atoms. The van der Waals surface area contributed by atoms with Crippen molar-refractivity contribution in [2.45, 2.75) is 26.4 Å². The highest BCUT2D eigenvalue weighted by Gasteiger charge is 2.27. The van der Waals surface area contributed by atoms with E-state index < -0.39 is 28.6 Å². The molecule has 0 spiro atoms. The van der Waals surface area contributed by atoms with Gasteiger partial charge in [-0.3, -0.25) is 14.9 Å². The fraction of sp³-hybridized carbons (Fsp3) is 0.267. The standard InChI is InChI=1S/C15H14ClN3O6/c1-3-12(14(20)17-13-6-8(2)25-18-13)24-15(21)10-5-4-9(16)7-11(10)19(22)23/h4-7,12H,3H2,1-2H3,(H,17,18,20). The van der Waals surface area contributed by atoms with Crippen molar-refractivity contribution in [1.29, 1.82) is 0 Å². The summed E-state index contributed by atoms with van der Waals surface area (Å²) in [7, 11) is 0. The Morgan fingerprint density at radius 3 is 2.72 bits per heavy atom. The molecule has 1 atom stereocenters. The van der Waals surface area contributed by atoms with Crippen LogP contribution in [0.5, 0.6) is 0 Å². The number of hydrogen-bond acceptors (Lipinski definition) is 7. The molecule has 10 heteroatoms. The third-order valence-corrected chi connectivity index (χ3v) is 3.40. The molecular formula is C15H14ClN3O6. The summed E-state index contributed by atoms with van der Waals surface area (Å²) in [5, 5.41) is 17.2. The fourth-order valence-electron chi connectivity index (χ4n) is 1.98. The van der Waals surface area contributed by atoms with Crippen LogP contribution in [0.15, 0.2) is 28.8 Å². The zero-order valence-corrected chi connectivity index (χ0v) is 14.1. The van der Waals surface area contributed by atoms with Gasteiger partial charge in [-0.05, 0) is 25.5 Å². The fourth-order valence-corrected chi connectivity index (χ4v) is 2.14. The van der Waals surface area contributed by atoms with Crippen molar-refractivity contribution in [1.82, 2.24) is 5.16 Å². The third-order valence-electron chi connectivity index (χ3n) is 3.17. The lowest BCUT2D eigenvalue weighted by Crippen LogP contribution is -2.32. The molecule has 25 heavy (non-hydrogen) atoms. The number of halogens is 1. The Labute approximate surface area is 147 Å². The zero-order valence-electron chi connectivity index (χ0n) is 13.3. The number of esters is 1. The molecule has 0 saturated heterocycles. The Morgan fingerprint density at radius 1 is 1.44 bits per heavy atom. The number of anilines is 1. The van der Waals surface area contributed by atoms with Crippen molar-refractivity contribution in [3.8, 4) is 0 Å². The van der Waals surface area contributed by atoms with Gasteiger partial charge in [0.15, 0.2) is 11.9 Å². The smallest absolute Gasteiger partial charge is 0.345 e. The lowest BCUT2D eigenvalue weighted by Gasteiger charge is -2.15. The molecule has 1 amide bonds. The van der Waals surface area contributed by atoms with Gasteiger partial charge in [0.05, 0.1) is 4.92 Å². The van der Waals surface area contributed by atoms with Crippen molar-refractivity contribution >= 4 is 35.0 Å². The Hall–Kier alpha value is -2.94. The van der Waals surface area contributed by atoms with Gasteiger partial charge in [0, 0.05) is 17.2 Å². The Balaban J connectivity index is 2.14. The number of carbonyl (C=O) groups is 2. The number of aromatic nitrogens is 1. The number of aryl methyl sites for hydroxylation is 1. The van der Waals surface area contributed by atoms with Crippen LogP contribution in [0.4, 0.5) is 11.5 Å². The van der Waals surface area contributed by atoms with Gasteiger partial charge in [-0.15, -0.1) is 0 Å². The highest BCUT2D eigenvalue weighted by Crippen LogP contribution is 2.24. The number of nitro benzene ring substituents is 1. The van der Waals surface area contributed by atoms with E-state index in [1.807, 2.05) is 0 Å². The number of nitrogens with one attached hydrogen (secondary N) is 1. The second-order valence-corrected chi connectivity index (χ2v) is 5.47. The summed E-state index contributed by atoms with van der Waals surface area (Å²) in [6.45, 7) is 3.28. The number of carbonyl (C=O) groups excluding carboxylic acids is 2. The van der Waals surface area contributed by atoms with E-state index in [9.17, 15) is 19.7 Å². The van der Waals surface area contributed by atoms with Crippen LogP contribution in [0.1, 0.15) is 29.5 Å². The first-order chi connectivity index (χ1) is 11.8. The summed E-state index contributed by atoms with van der Waals surface area (Å²) in [6.07, 6.45) is -0.990. The summed E-state index contributed by atoms with van der Waals surface area (Å²) in [6, 6.07) is 5.03. The summed E-state index contributed by atoms with van der Waals surface area (Å²) in [5.41, 5.74) is -0.794. The van der Waals surface area contributed by atoms with Gasteiger partial charge in [0.2, 0.25) is 0 Å². The van der Waals surface area contributed by atoms with E-state index >= 15 is 0 Å². The van der Waals surface area contributed by atoms with E-state index in [4.69, 9.17) is 20.9 Å². The average Bonchev–Trinajstić information content (AvgIpc) is 2.96. The number of hydrogen-bond donors (Lipinski definition) is 1. The third kappa shape index (κ3) is 4.54. The molecule has 9 nitrogen and oxygen atoms in total. The predicted octanol–water partition coefficient (Wildman–Crippen LogP) is 3.12. The van der Waals surface area contributed by atoms with Crippen LogP contribution in [0, 0.1) is 17.0 Å². The summed E-state index contributed by atoms with van der Waals surface area (Å²) in [5.74, 6) is -0.950. The first-order valence-electron chi connectivity index (χ1n) is 7.21. The van der Waals surface area contributed by atoms with E-state index in [1.165, 1.54) is 18.2 Å². The minimum atomic E-state index is -1.15. The molecule has 2 aromatic rings. The molecule has 1 N–H and O–H groups in total. The van der Waals surface area contributed by atoms with E-state index in [0.29, 0.717) is 5.76 Å². The first kappa shape index (κ1) is 18.4. The topological polar surface area (TPSA) is 125 Å². The predicted molar refractivity (Wildman–Crippen MR) is 87.5 cm³/mol. The first-order valence-corrected chi connectivity index (χ1v) is 7.58. The van der Waals surface area contributed by atoms with Crippen molar-refractivity contribution in [2.75, 3.05) is 5.32 Å². The van der Waals surface area contributed by atoms with E-state index in [1.54, 1.807) is 13.8 Å². The highest BCUT2D eigenvalue weighted by molar-refractivity contribution is 6.31. The maximum atomic E-state index is 12.2. The molecule has 0 aliphatic rings. The number of nitrogens with zero attached hydrogens (tertiary/aromatic N) is 2. The van der Waals surface area contributed by atoms with Crippen molar-refractivity contribution in [3.63, 3.8) is 0 Å². The molecule has 0 radical (unpaired) electrons. The van der Waals surface area contributed by atoms with Gasteiger partial charge in [0.25, 0.3) is 11.6 Å². The summed E-state index contributed by atoms with van der Waals surface area (Å²) < 4.78 is 9.92. The Kier molecular flexibility index (Phi) is 5.71. The van der Waals surface area contributed by atoms with Crippen molar-refractivity contribution in [2.24, 2.45) is 0 Å². The van der Waals surface area contributed by atoms with Crippen molar-refractivity contribution < 1.29 is 23.8 Å². The van der Waals surface area contributed by atoms with Gasteiger partial charge < -0.3 is 14.6 Å². The SMILES string of the molecule is CCC(OC(=O)c1ccc(Cl)cc1[N+](=O)[O-])C(=O)Nc1cc(C)on1. The molecule has 0 aliphatic heterocycles. The number of amides is 1. The van der Waals surface area contributed by atoms with E-state index in [-0.39, 0.29) is 22.8 Å². The number of benzene rings is 1. The summed E-state index contributed by atoms with van der Waals surface area (Å²) >= 11 is 5.70. The quantitative estimate of drug-likeness (QED) is 0.472. The maximum absolute atomic E-state index is 12.2. The maximum Gasteiger partial charge on any atom is 0.345 e. The van der Waals surface area contributed by atoms with Crippen LogP contribution in [0.25, 0.3) is 0 Å². The van der Waals surface area contributed by atoms with Crippen molar-refractivity contribution in [3.05, 3.63) is 50.7 Å². The minimum absolute atomic E-state index is 0.106. The molecular weight excluding hydrogens is 354 g/mol. The molecule has 0 saturated carbocycles. The molecule has 1 aromatic carbocycles. The van der Waals surface area contributed by atoms with Crippen LogP contribution in [-0.2, 0) is 9.53 Å². The monoisotopic (exact) mass is 367 g/mol. The van der Waals surface area contributed by atoms with E-state index in [0.717, 1.165) is 6.07 Å². The lowest BCUT2D eigenvalue weighted by atomic mass is 10.1. The van der Waals surface area contributed by atoms with Gasteiger partial charge in [0.1, 0.15) is 11.3 Å². The minimum Gasteiger partial charge on any atom is -0.448 e. The van der Waals surface area contributed by atoms with Crippen LogP contribution in [0.3, 0.4) is 0 Å². The molecule has 1 unspecified atom stereocenters. The van der Waals surface area contributed by atoms with Crippen LogP contribution >= 0.6 is 11.6 Å². The second-order valence-electron chi connectivity index (χ2n) is 5.03. The van der Waals surface area contributed by atoms with Crippen LogP contribution in [0.2, 0.25) is 5.02 Å².